The van der Waals surface area contributed by atoms with Gasteiger partial charge in [-0.05, 0) is 44.4 Å². The van der Waals surface area contributed by atoms with Crippen molar-refractivity contribution in [1.82, 2.24) is 10.1 Å². The zero-order valence-corrected chi connectivity index (χ0v) is 12.3. The lowest BCUT2D eigenvalue weighted by Crippen LogP contribution is -2.43. The van der Waals surface area contributed by atoms with Crippen LogP contribution in [0.1, 0.15) is 60.5 Å². The molecule has 2 aliphatic carbocycles. The summed E-state index contributed by atoms with van der Waals surface area (Å²) in [5, 5.41) is 4.03. The molecule has 1 amide bonds. The summed E-state index contributed by atoms with van der Waals surface area (Å²) in [4.78, 5) is 14.6. The molecule has 2 heterocycles. The first-order chi connectivity index (χ1) is 10.3. The first-order valence-corrected chi connectivity index (χ1v) is 8.16. The van der Waals surface area contributed by atoms with E-state index < -0.39 is 0 Å². The van der Waals surface area contributed by atoms with Crippen LogP contribution in [-0.4, -0.2) is 41.8 Å². The van der Waals surface area contributed by atoms with Crippen molar-refractivity contribution >= 4 is 5.91 Å². The summed E-state index contributed by atoms with van der Waals surface area (Å²) in [5.74, 6) is 1.28. The van der Waals surface area contributed by atoms with Gasteiger partial charge in [-0.1, -0.05) is 5.16 Å². The van der Waals surface area contributed by atoms with Gasteiger partial charge in [-0.3, -0.25) is 4.79 Å². The van der Waals surface area contributed by atoms with Crippen molar-refractivity contribution in [1.29, 1.82) is 0 Å². The van der Waals surface area contributed by atoms with Crippen LogP contribution in [0.5, 0.6) is 0 Å². The lowest BCUT2D eigenvalue weighted by atomic mass is 10.1. The lowest BCUT2D eigenvalue weighted by Gasteiger charge is -2.32. The zero-order chi connectivity index (χ0) is 14.2. The van der Waals surface area contributed by atoms with Crippen LogP contribution in [0, 0.1) is 5.92 Å². The van der Waals surface area contributed by atoms with Gasteiger partial charge in [0.1, 0.15) is 11.8 Å². The number of amides is 1. The van der Waals surface area contributed by atoms with E-state index in [9.17, 15) is 4.79 Å². The number of rotatable bonds is 5. The second-order valence-corrected chi connectivity index (χ2v) is 6.68. The predicted octanol–water partition coefficient (Wildman–Crippen LogP) is 2.58. The number of hydrogen-bond acceptors (Lipinski definition) is 4. The van der Waals surface area contributed by atoms with E-state index in [1.165, 1.54) is 19.1 Å². The van der Waals surface area contributed by atoms with Crippen LogP contribution in [0.2, 0.25) is 0 Å². The summed E-state index contributed by atoms with van der Waals surface area (Å²) in [6.45, 7) is 2.39. The number of piperidine rings is 1. The molecule has 4 rings (SSSR count). The highest BCUT2D eigenvalue weighted by Crippen LogP contribution is 2.41. The van der Waals surface area contributed by atoms with Crippen LogP contribution in [0.25, 0.3) is 0 Å². The number of aromatic nitrogens is 1. The normalized spacial score (nSPS) is 26.1. The Bertz CT molecular complexity index is 519. The summed E-state index contributed by atoms with van der Waals surface area (Å²) in [6, 6.07) is 0. The number of likely N-dealkylation sites (tertiary alicyclic amines) is 1. The molecule has 1 saturated heterocycles. The molecule has 1 unspecified atom stereocenters. The molecule has 0 N–H and O–H groups in total. The van der Waals surface area contributed by atoms with E-state index >= 15 is 0 Å². The number of carbonyl (C=O) groups is 1. The summed E-state index contributed by atoms with van der Waals surface area (Å²) < 4.78 is 11.0. The fourth-order valence-corrected chi connectivity index (χ4v) is 3.04. The third kappa shape index (κ3) is 2.98. The topological polar surface area (TPSA) is 55.6 Å². The fraction of sp³-hybridized carbons (Fsp3) is 0.750. The summed E-state index contributed by atoms with van der Waals surface area (Å²) in [5.41, 5.74) is 1.53. The maximum Gasteiger partial charge on any atom is 0.259 e. The highest BCUT2D eigenvalue weighted by atomic mass is 16.5. The molecule has 1 atom stereocenters. The average Bonchev–Trinajstić information content (AvgIpc) is 3.44. The Morgan fingerprint density at radius 1 is 1.33 bits per heavy atom. The van der Waals surface area contributed by atoms with E-state index in [-0.39, 0.29) is 12.0 Å². The van der Waals surface area contributed by atoms with E-state index in [1.807, 2.05) is 4.90 Å². The van der Waals surface area contributed by atoms with Gasteiger partial charge >= 0.3 is 0 Å². The van der Waals surface area contributed by atoms with E-state index in [0.29, 0.717) is 18.0 Å². The molecule has 1 aliphatic heterocycles. The van der Waals surface area contributed by atoms with Crippen molar-refractivity contribution in [2.45, 2.75) is 50.5 Å². The Labute approximate surface area is 124 Å². The molecule has 2 saturated carbocycles. The summed E-state index contributed by atoms with van der Waals surface area (Å²) >= 11 is 0. The van der Waals surface area contributed by atoms with E-state index in [1.54, 1.807) is 0 Å². The molecule has 3 aliphatic rings. The maximum absolute atomic E-state index is 12.7. The van der Waals surface area contributed by atoms with Gasteiger partial charge < -0.3 is 14.2 Å². The third-order valence-electron chi connectivity index (χ3n) is 4.72. The Kier molecular flexibility index (Phi) is 3.45. The Morgan fingerprint density at radius 2 is 2.19 bits per heavy atom. The van der Waals surface area contributed by atoms with Gasteiger partial charge in [-0.15, -0.1) is 0 Å². The van der Waals surface area contributed by atoms with E-state index in [0.717, 1.165) is 50.4 Å². The van der Waals surface area contributed by atoms with Crippen LogP contribution in [0.15, 0.2) is 10.8 Å². The quantitative estimate of drug-likeness (QED) is 0.836. The number of nitrogens with zero attached hydrogens (tertiary/aromatic N) is 2. The molecular formula is C16H22N2O3. The Morgan fingerprint density at radius 3 is 2.95 bits per heavy atom. The molecule has 0 aromatic carbocycles. The largest absolute Gasteiger partial charge is 0.376 e. The van der Waals surface area contributed by atoms with Crippen molar-refractivity contribution < 1.29 is 14.1 Å². The van der Waals surface area contributed by atoms with Crippen molar-refractivity contribution in [3.8, 4) is 0 Å². The number of carbonyl (C=O) groups excluding carboxylic acids is 1. The van der Waals surface area contributed by atoms with Crippen LogP contribution >= 0.6 is 0 Å². The zero-order valence-electron chi connectivity index (χ0n) is 12.3. The highest BCUT2D eigenvalue weighted by molar-refractivity contribution is 5.95. The van der Waals surface area contributed by atoms with Crippen LogP contribution in [0.3, 0.4) is 0 Å². The Hall–Kier alpha value is -1.36. The fourth-order valence-electron chi connectivity index (χ4n) is 3.04. The second kappa shape index (κ2) is 5.44. The van der Waals surface area contributed by atoms with E-state index in [2.05, 4.69) is 5.16 Å². The minimum absolute atomic E-state index is 0.0675. The molecule has 114 valence electrons. The molecule has 5 heteroatoms. The molecule has 1 aromatic rings. The SMILES string of the molecule is O=C(c1conc1C1CC1)N1CCCC(OCC2CC2)C1. The molecule has 0 spiro atoms. The average molecular weight is 290 g/mol. The minimum atomic E-state index is 0.0675. The smallest absolute Gasteiger partial charge is 0.259 e. The van der Waals surface area contributed by atoms with Gasteiger partial charge in [0.15, 0.2) is 0 Å². The van der Waals surface area contributed by atoms with Gasteiger partial charge in [0.05, 0.1) is 11.8 Å². The van der Waals surface area contributed by atoms with Crippen molar-refractivity contribution in [3.63, 3.8) is 0 Å². The lowest BCUT2D eigenvalue weighted by molar-refractivity contribution is -0.00247. The predicted molar refractivity (Wildman–Crippen MR) is 76.1 cm³/mol. The highest BCUT2D eigenvalue weighted by Gasteiger charge is 2.34. The first kappa shape index (κ1) is 13.3. The maximum atomic E-state index is 12.7. The van der Waals surface area contributed by atoms with Crippen molar-refractivity contribution in [2.24, 2.45) is 5.92 Å². The summed E-state index contributed by atoms with van der Waals surface area (Å²) in [7, 11) is 0. The third-order valence-corrected chi connectivity index (χ3v) is 4.72. The van der Waals surface area contributed by atoms with E-state index in [4.69, 9.17) is 9.26 Å². The monoisotopic (exact) mass is 290 g/mol. The van der Waals surface area contributed by atoms with Gasteiger partial charge in [0, 0.05) is 25.6 Å². The molecular weight excluding hydrogens is 268 g/mol. The summed E-state index contributed by atoms with van der Waals surface area (Å²) in [6.07, 6.45) is 8.67. The number of ether oxygens (including phenoxy) is 1. The van der Waals surface area contributed by atoms with Crippen molar-refractivity contribution in [2.75, 3.05) is 19.7 Å². The first-order valence-electron chi connectivity index (χ1n) is 8.16. The van der Waals surface area contributed by atoms with Crippen LogP contribution < -0.4 is 0 Å². The number of hydrogen-bond donors (Lipinski definition) is 0. The van der Waals surface area contributed by atoms with Crippen molar-refractivity contribution in [3.05, 3.63) is 17.5 Å². The molecule has 21 heavy (non-hydrogen) atoms. The second-order valence-electron chi connectivity index (χ2n) is 6.68. The molecule has 1 aromatic heterocycles. The molecule has 5 nitrogen and oxygen atoms in total. The van der Waals surface area contributed by atoms with Gasteiger partial charge in [-0.2, -0.15) is 0 Å². The molecule has 0 radical (unpaired) electrons. The van der Waals surface area contributed by atoms with Gasteiger partial charge in [-0.25, -0.2) is 0 Å². The van der Waals surface area contributed by atoms with Gasteiger partial charge in [0.2, 0.25) is 0 Å². The van der Waals surface area contributed by atoms with Crippen LogP contribution in [-0.2, 0) is 4.74 Å². The standard InChI is InChI=1S/C16H22N2O3/c19-16(14-10-21-17-15(14)12-5-6-12)18-7-1-2-13(8-18)20-9-11-3-4-11/h10-13H,1-9H2. The minimum Gasteiger partial charge on any atom is -0.376 e. The Balaban J connectivity index is 1.39. The van der Waals surface area contributed by atoms with Crippen LogP contribution in [0.4, 0.5) is 0 Å². The van der Waals surface area contributed by atoms with Gasteiger partial charge in [0.25, 0.3) is 5.91 Å². The molecule has 0 bridgehead atoms. The molecule has 3 fully saturated rings.